The minimum absolute atomic E-state index is 0.0919. The fraction of sp³-hybridized carbons (Fsp3) is 0.158. The maximum atomic E-state index is 14.2. The van der Waals surface area contributed by atoms with Crippen molar-refractivity contribution in [3.05, 3.63) is 77.0 Å². The van der Waals surface area contributed by atoms with Gasteiger partial charge in [-0.15, -0.1) is 0 Å². The number of benzene rings is 2. The van der Waals surface area contributed by atoms with Crippen LogP contribution >= 0.6 is 0 Å². The molecule has 0 aromatic heterocycles. The lowest BCUT2D eigenvalue weighted by atomic mass is 9.84. The first-order chi connectivity index (χ1) is 12.1. The molecule has 4 nitrogen and oxygen atoms in total. The molecule has 0 N–H and O–H groups in total. The number of cyclic esters (lactones) is 1. The van der Waals surface area contributed by atoms with Crippen LogP contribution in [0.3, 0.4) is 0 Å². The van der Waals surface area contributed by atoms with Crippen molar-refractivity contribution in [2.45, 2.75) is 12.3 Å². The summed E-state index contributed by atoms with van der Waals surface area (Å²) >= 11 is 0. The Morgan fingerprint density at radius 3 is 2.60 bits per heavy atom. The van der Waals surface area contributed by atoms with Crippen LogP contribution in [0.15, 0.2) is 59.8 Å². The molecule has 0 fully saturated rings. The summed E-state index contributed by atoms with van der Waals surface area (Å²) < 4.78 is 32.9. The summed E-state index contributed by atoms with van der Waals surface area (Å²) in [5.74, 6) is -2.59. The Morgan fingerprint density at radius 1 is 1.04 bits per heavy atom. The molecule has 4 rings (SSSR count). The first kappa shape index (κ1) is 15.5. The molecule has 126 valence electrons. The molecule has 2 heterocycles. The zero-order chi connectivity index (χ0) is 17.6. The predicted molar refractivity (Wildman–Crippen MR) is 85.6 cm³/mol. The molecule has 0 bridgehead atoms. The molecule has 0 saturated heterocycles. The van der Waals surface area contributed by atoms with Crippen molar-refractivity contribution in [3.63, 3.8) is 0 Å². The van der Waals surface area contributed by atoms with Crippen molar-refractivity contribution in [1.29, 1.82) is 0 Å². The van der Waals surface area contributed by atoms with Gasteiger partial charge in [-0.2, -0.15) is 0 Å². The third kappa shape index (κ3) is 2.50. The molecule has 2 aromatic carbocycles. The lowest BCUT2D eigenvalue weighted by molar-refractivity contribution is -0.136. The largest absolute Gasteiger partial charge is 0.456 e. The molecule has 1 amide bonds. The van der Waals surface area contributed by atoms with Gasteiger partial charge in [-0.1, -0.05) is 24.3 Å². The van der Waals surface area contributed by atoms with Crippen LogP contribution < -0.4 is 4.90 Å². The molecule has 0 spiro atoms. The van der Waals surface area contributed by atoms with E-state index in [1.165, 1.54) is 29.2 Å². The minimum atomic E-state index is -0.705. The third-order valence-corrected chi connectivity index (χ3v) is 4.46. The zero-order valence-electron chi connectivity index (χ0n) is 13.0. The van der Waals surface area contributed by atoms with Crippen molar-refractivity contribution < 1.29 is 23.1 Å². The summed E-state index contributed by atoms with van der Waals surface area (Å²) in [6.07, 6.45) is -0.0919. The van der Waals surface area contributed by atoms with E-state index in [9.17, 15) is 18.4 Å². The van der Waals surface area contributed by atoms with E-state index >= 15 is 0 Å². The second-order valence-corrected chi connectivity index (χ2v) is 5.92. The van der Waals surface area contributed by atoms with Crippen molar-refractivity contribution in [1.82, 2.24) is 0 Å². The van der Waals surface area contributed by atoms with Gasteiger partial charge in [-0.05, 0) is 29.8 Å². The van der Waals surface area contributed by atoms with Gasteiger partial charge in [0, 0.05) is 12.3 Å². The van der Waals surface area contributed by atoms with E-state index in [1.54, 1.807) is 24.3 Å². The Labute approximate surface area is 142 Å². The lowest BCUT2D eigenvalue weighted by Gasteiger charge is -2.31. The highest BCUT2D eigenvalue weighted by Crippen LogP contribution is 2.42. The summed E-state index contributed by atoms with van der Waals surface area (Å²) in [5, 5.41) is 0. The van der Waals surface area contributed by atoms with Crippen molar-refractivity contribution in [3.8, 4) is 0 Å². The Morgan fingerprint density at radius 2 is 1.84 bits per heavy atom. The van der Waals surface area contributed by atoms with E-state index in [2.05, 4.69) is 0 Å². The molecular weight excluding hydrogens is 328 g/mol. The standard InChI is InChI=1S/C19H13F2NO3/c20-11-4-3-5-12(8-11)22-16-10-25-19(24)18(16)14(9-17(22)23)13-6-1-2-7-15(13)21/h1-8,14H,9-10H2/t14-/m1/s1. The first-order valence-electron chi connectivity index (χ1n) is 7.79. The lowest BCUT2D eigenvalue weighted by Crippen LogP contribution is -2.37. The number of hydrogen-bond donors (Lipinski definition) is 0. The van der Waals surface area contributed by atoms with Crippen LogP contribution in [0.1, 0.15) is 17.9 Å². The Hall–Kier alpha value is -3.02. The molecule has 0 saturated carbocycles. The van der Waals surface area contributed by atoms with Crippen LogP contribution in [0.5, 0.6) is 0 Å². The van der Waals surface area contributed by atoms with Crippen LogP contribution in [0.2, 0.25) is 0 Å². The smallest absolute Gasteiger partial charge is 0.336 e. The van der Waals surface area contributed by atoms with Gasteiger partial charge in [0.05, 0.1) is 17.0 Å². The highest BCUT2D eigenvalue weighted by molar-refractivity contribution is 6.06. The Kier molecular flexibility index (Phi) is 3.60. The number of rotatable bonds is 2. The Balaban J connectivity index is 1.86. The first-order valence-corrected chi connectivity index (χ1v) is 7.79. The fourth-order valence-corrected chi connectivity index (χ4v) is 3.39. The second-order valence-electron chi connectivity index (χ2n) is 5.92. The van der Waals surface area contributed by atoms with E-state index in [4.69, 9.17) is 4.74 Å². The molecule has 0 unspecified atom stereocenters. The van der Waals surface area contributed by atoms with Gasteiger partial charge in [0.15, 0.2) is 0 Å². The average Bonchev–Trinajstić information content (AvgIpc) is 2.96. The summed E-state index contributed by atoms with van der Waals surface area (Å²) in [4.78, 5) is 26.3. The number of carbonyl (C=O) groups excluding carboxylic acids is 2. The normalized spacial score (nSPS) is 19.9. The Bertz CT molecular complexity index is 922. The summed E-state index contributed by atoms with van der Waals surface area (Å²) in [6.45, 7) is -0.0959. The van der Waals surface area contributed by atoms with Gasteiger partial charge in [-0.25, -0.2) is 13.6 Å². The molecule has 2 aromatic rings. The number of nitrogens with zero attached hydrogens (tertiary/aromatic N) is 1. The van der Waals surface area contributed by atoms with Crippen molar-refractivity contribution in [2.24, 2.45) is 0 Å². The van der Waals surface area contributed by atoms with Crippen LogP contribution in [0.4, 0.5) is 14.5 Å². The molecule has 0 aliphatic carbocycles. The maximum Gasteiger partial charge on any atom is 0.336 e. The van der Waals surface area contributed by atoms with Gasteiger partial charge in [0.25, 0.3) is 0 Å². The maximum absolute atomic E-state index is 14.2. The van der Waals surface area contributed by atoms with Crippen LogP contribution in [-0.2, 0) is 14.3 Å². The summed E-state index contributed by atoms with van der Waals surface area (Å²) in [7, 11) is 0. The van der Waals surface area contributed by atoms with E-state index in [0.29, 0.717) is 11.4 Å². The van der Waals surface area contributed by atoms with E-state index in [0.717, 1.165) is 0 Å². The minimum Gasteiger partial charge on any atom is -0.456 e. The third-order valence-electron chi connectivity index (χ3n) is 4.46. The van der Waals surface area contributed by atoms with Gasteiger partial charge >= 0.3 is 5.97 Å². The number of carbonyl (C=O) groups is 2. The molecular formula is C19H13F2NO3. The van der Waals surface area contributed by atoms with Gasteiger partial charge in [-0.3, -0.25) is 9.69 Å². The van der Waals surface area contributed by atoms with Gasteiger partial charge < -0.3 is 4.74 Å². The monoisotopic (exact) mass is 341 g/mol. The quantitative estimate of drug-likeness (QED) is 0.788. The number of hydrogen-bond acceptors (Lipinski definition) is 3. The fourth-order valence-electron chi connectivity index (χ4n) is 3.39. The summed E-state index contributed by atoms with van der Waals surface area (Å²) in [5.41, 5.74) is 1.21. The number of amides is 1. The number of anilines is 1. The average molecular weight is 341 g/mol. The topological polar surface area (TPSA) is 46.6 Å². The molecule has 1 atom stereocenters. The van der Waals surface area contributed by atoms with Crippen molar-refractivity contribution >= 4 is 17.6 Å². The van der Waals surface area contributed by atoms with E-state index in [1.807, 2.05) is 0 Å². The number of halogens is 2. The summed E-state index contributed by atoms with van der Waals surface area (Å²) in [6, 6.07) is 11.6. The van der Waals surface area contributed by atoms with Crippen molar-refractivity contribution in [2.75, 3.05) is 11.5 Å². The van der Waals surface area contributed by atoms with Crippen LogP contribution in [0.25, 0.3) is 0 Å². The van der Waals surface area contributed by atoms with Gasteiger partial charge in [0.1, 0.15) is 18.2 Å². The van der Waals surface area contributed by atoms with Crippen LogP contribution in [-0.4, -0.2) is 18.5 Å². The molecule has 2 aliphatic rings. The molecule has 6 heteroatoms. The van der Waals surface area contributed by atoms with E-state index < -0.39 is 23.5 Å². The van der Waals surface area contributed by atoms with E-state index in [-0.39, 0.29) is 30.1 Å². The van der Waals surface area contributed by atoms with Crippen LogP contribution in [0, 0.1) is 11.6 Å². The highest BCUT2D eigenvalue weighted by Gasteiger charge is 2.43. The number of esters is 1. The number of ether oxygens (including phenoxy) is 1. The predicted octanol–water partition coefficient (Wildman–Crippen LogP) is 3.30. The molecule has 2 aliphatic heterocycles. The molecule has 0 radical (unpaired) electrons. The second kappa shape index (κ2) is 5.81. The molecule has 25 heavy (non-hydrogen) atoms. The highest BCUT2D eigenvalue weighted by atomic mass is 19.1. The SMILES string of the molecule is O=C1OCC2=C1[C@@H](c1ccccc1F)CC(=O)N2c1cccc(F)c1. The zero-order valence-corrected chi connectivity index (χ0v) is 13.0. The van der Waals surface area contributed by atoms with Gasteiger partial charge in [0.2, 0.25) is 5.91 Å².